The summed E-state index contributed by atoms with van der Waals surface area (Å²) in [5, 5.41) is 0. The first-order chi connectivity index (χ1) is 17.2. The fourth-order valence-electron chi connectivity index (χ4n) is 3.91. The first-order valence-electron chi connectivity index (χ1n) is 11.4. The van der Waals surface area contributed by atoms with Crippen molar-refractivity contribution in [1.82, 2.24) is 4.98 Å². The van der Waals surface area contributed by atoms with Gasteiger partial charge in [-0.25, -0.2) is 9.37 Å². The highest BCUT2D eigenvalue weighted by Crippen LogP contribution is 2.34. The lowest BCUT2D eigenvalue weighted by atomic mass is 9.97. The molecule has 0 fully saturated rings. The predicted octanol–water partition coefficient (Wildman–Crippen LogP) is 7.81. The van der Waals surface area contributed by atoms with E-state index in [-0.39, 0.29) is 5.82 Å². The molecule has 0 bridgehead atoms. The maximum absolute atomic E-state index is 13.5. The van der Waals surface area contributed by atoms with E-state index in [4.69, 9.17) is 14.5 Å². The fourth-order valence-corrected chi connectivity index (χ4v) is 3.91. The highest BCUT2D eigenvalue weighted by Gasteiger charge is 2.13. The van der Waals surface area contributed by atoms with Gasteiger partial charge in [-0.3, -0.25) is 0 Å². The molecule has 0 unspecified atom stereocenters. The second-order valence-electron chi connectivity index (χ2n) is 8.13. The standard InChI is InChI=1S/C31H24FNO2/c1-34-27-15-9-23(10-16-27)29-19-20-30(24-7-13-26(32)14-8-24)33-31(29)25-11-17-28(18-12-25)35-21-22-5-3-2-4-6-22/h2-20H,21H2,1H3. The van der Waals surface area contributed by atoms with Crippen LogP contribution in [0.15, 0.2) is 115 Å². The Balaban J connectivity index is 1.50. The Morgan fingerprint density at radius 2 is 1.26 bits per heavy atom. The minimum atomic E-state index is -0.269. The van der Waals surface area contributed by atoms with Gasteiger partial charge in [0.1, 0.15) is 23.9 Å². The summed E-state index contributed by atoms with van der Waals surface area (Å²) in [7, 11) is 1.65. The molecule has 0 N–H and O–H groups in total. The van der Waals surface area contributed by atoms with Crippen molar-refractivity contribution in [2.75, 3.05) is 7.11 Å². The lowest BCUT2D eigenvalue weighted by molar-refractivity contribution is 0.306. The van der Waals surface area contributed by atoms with Crippen LogP contribution in [-0.2, 0) is 6.61 Å². The summed E-state index contributed by atoms with van der Waals surface area (Å²) < 4.78 is 24.7. The number of aromatic nitrogens is 1. The molecule has 4 aromatic carbocycles. The third-order valence-electron chi connectivity index (χ3n) is 5.81. The van der Waals surface area contributed by atoms with Crippen molar-refractivity contribution in [3.8, 4) is 45.1 Å². The molecule has 0 aliphatic heterocycles. The monoisotopic (exact) mass is 461 g/mol. The van der Waals surface area contributed by atoms with Gasteiger partial charge >= 0.3 is 0 Å². The molecule has 0 saturated heterocycles. The largest absolute Gasteiger partial charge is 0.497 e. The molecule has 5 aromatic rings. The van der Waals surface area contributed by atoms with Crippen LogP contribution in [0, 0.1) is 5.82 Å². The number of rotatable bonds is 7. The van der Waals surface area contributed by atoms with Gasteiger partial charge in [-0.05, 0) is 77.9 Å². The lowest BCUT2D eigenvalue weighted by Gasteiger charge is -2.13. The zero-order chi connectivity index (χ0) is 24.0. The summed E-state index contributed by atoms with van der Waals surface area (Å²) in [5.41, 5.74) is 6.59. The molecule has 0 saturated carbocycles. The first-order valence-corrected chi connectivity index (χ1v) is 11.4. The highest BCUT2D eigenvalue weighted by atomic mass is 19.1. The molecule has 0 aliphatic carbocycles. The lowest BCUT2D eigenvalue weighted by Crippen LogP contribution is -1.96. The Morgan fingerprint density at radius 3 is 1.94 bits per heavy atom. The average Bonchev–Trinajstić information content (AvgIpc) is 2.93. The number of pyridine rings is 1. The molecule has 0 radical (unpaired) electrons. The van der Waals surface area contributed by atoms with Gasteiger partial charge in [-0.1, -0.05) is 48.5 Å². The van der Waals surface area contributed by atoms with Gasteiger partial charge < -0.3 is 9.47 Å². The first kappa shape index (κ1) is 22.4. The van der Waals surface area contributed by atoms with Crippen LogP contribution in [0.3, 0.4) is 0 Å². The van der Waals surface area contributed by atoms with Crippen molar-refractivity contribution in [1.29, 1.82) is 0 Å². The number of benzene rings is 4. The van der Waals surface area contributed by atoms with E-state index >= 15 is 0 Å². The topological polar surface area (TPSA) is 31.4 Å². The molecule has 35 heavy (non-hydrogen) atoms. The van der Waals surface area contributed by atoms with Crippen LogP contribution in [0.4, 0.5) is 4.39 Å². The Labute approximate surface area is 204 Å². The molecule has 1 aromatic heterocycles. The summed E-state index contributed by atoms with van der Waals surface area (Å²) in [4.78, 5) is 4.99. The normalized spacial score (nSPS) is 10.7. The average molecular weight is 462 g/mol. The van der Waals surface area contributed by atoms with E-state index in [0.717, 1.165) is 50.7 Å². The number of hydrogen-bond acceptors (Lipinski definition) is 3. The van der Waals surface area contributed by atoms with E-state index in [9.17, 15) is 4.39 Å². The third kappa shape index (κ3) is 5.22. The van der Waals surface area contributed by atoms with Crippen molar-refractivity contribution >= 4 is 0 Å². The number of ether oxygens (including phenoxy) is 2. The van der Waals surface area contributed by atoms with Gasteiger partial charge in [-0.15, -0.1) is 0 Å². The number of methoxy groups -OCH3 is 1. The number of nitrogens with zero attached hydrogens (tertiary/aromatic N) is 1. The van der Waals surface area contributed by atoms with E-state index in [1.165, 1.54) is 12.1 Å². The van der Waals surface area contributed by atoms with Crippen LogP contribution < -0.4 is 9.47 Å². The predicted molar refractivity (Wildman–Crippen MR) is 138 cm³/mol. The van der Waals surface area contributed by atoms with Crippen molar-refractivity contribution in [3.05, 3.63) is 127 Å². The van der Waals surface area contributed by atoms with E-state index in [0.29, 0.717) is 6.61 Å². The van der Waals surface area contributed by atoms with Crippen LogP contribution in [0.25, 0.3) is 33.6 Å². The van der Waals surface area contributed by atoms with Crippen LogP contribution in [-0.4, -0.2) is 12.1 Å². The molecule has 1 heterocycles. The van der Waals surface area contributed by atoms with Gasteiger partial charge in [0.15, 0.2) is 0 Å². The van der Waals surface area contributed by atoms with Crippen molar-refractivity contribution in [2.45, 2.75) is 6.61 Å². The Bertz CT molecular complexity index is 1400. The smallest absolute Gasteiger partial charge is 0.123 e. The molecular weight excluding hydrogens is 437 g/mol. The van der Waals surface area contributed by atoms with Crippen molar-refractivity contribution in [2.24, 2.45) is 0 Å². The highest BCUT2D eigenvalue weighted by molar-refractivity contribution is 5.83. The van der Waals surface area contributed by atoms with Crippen LogP contribution in [0.1, 0.15) is 5.56 Å². The molecule has 0 spiro atoms. The molecule has 5 rings (SSSR count). The molecule has 0 aliphatic rings. The SMILES string of the molecule is COc1ccc(-c2ccc(-c3ccc(F)cc3)nc2-c2ccc(OCc3ccccc3)cc2)cc1. The van der Waals surface area contributed by atoms with Crippen molar-refractivity contribution < 1.29 is 13.9 Å². The Kier molecular flexibility index (Phi) is 6.53. The van der Waals surface area contributed by atoms with E-state index in [2.05, 4.69) is 6.07 Å². The van der Waals surface area contributed by atoms with Crippen LogP contribution in [0.2, 0.25) is 0 Å². The third-order valence-corrected chi connectivity index (χ3v) is 5.81. The molecular formula is C31H24FNO2. The second kappa shape index (κ2) is 10.2. The van der Waals surface area contributed by atoms with Gasteiger partial charge in [0.05, 0.1) is 18.5 Å². The Morgan fingerprint density at radius 1 is 0.629 bits per heavy atom. The second-order valence-corrected chi connectivity index (χ2v) is 8.13. The molecule has 0 amide bonds. The maximum Gasteiger partial charge on any atom is 0.123 e. The minimum absolute atomic E-state index is 0.269. The molecule has 0 atom stereocenters. The van der Waals surface area contributed by atoms with Crippen molar-refractivity contribution in [3.63, 3.8) is 0 Å². The van der Waals surface area contributed by atoms with Gasteiger partial charge in [0.25, 0.3) is 0 Å². The Hall–Kier alpha value is -4.44. The van der Waals surface area contributed by atoms with E-state index in [1.807, 2.05) is 84.9 Å². The zero-order valence-corrected chi connectivity index (χ0v) is 19.3. The van der Waals surface area contributed by atoms with E-state index < -0.39 is 0 Å². The maximum atomic E-state index is 13.5. The number of halogens is 1. The minimum Gasteiger partial charge on any atom is -0.497 e. The fraction of sp³-hybridized carbons (Fsp3) is 0.0645. The summed E-state index contributed by atoms with van der Waals surface area (Å²) in [6.45, 7) is 0.510. The molecule has 3 nitrogen and oxygen atoms in total. The van der Waals surface area contributed by atoms with Crippen LogP contribution in [0.5, 0.6) is 11.5 Å². The van der Waals surface area contributed by atoms with Gasteiger partial charge in [0.2, 0.25) is 0 Å². The molecule has 4 heteroatoms. The quantitative estimate of drug-likeness (QED) is 0.248. The zero-order valence-electron chi connectivity index (χ0n) is 19.3. The molecule has 172 valence electrons. The summed E-state index contributed by atoms with van der Waals surface area (Å²) >= 11 is 0. The summed E-state index contributed by atoms with van der Waals surface area (Å²) in [6.07, 6.45) is 0. The van der Waals surface area contributed by atoms with E-state index in [1.54, 1.807) is 19.2 Å². The van der Waals surface area contributed by atoms with Crippen LogP contribution >= 0.6 is 0 Å². The number of hydrogen-bond donors (Lipinski definition) is 0. The summed E-state index contributed by atoms with van der Waals surface area (Å²) in [6, 6.07) is 36.4. The summed E-state index contributed by atoms with van der Waals surface area (Å²) in [5.74, 6) is 1.32. The van der Waals surface area contributed by atoms with Gasteiger partial charge in [-0.2, -0.15) is 0 Å². The van der Waals surface area contributed by atoms with Gasteiger partial charge in [0, 0.05) is 16.7 Å².